The number of nitrogens with one attached hydrogen (secondary N) is 1. The van der Waals surface area contributed by atoms with Crippen molar-refractivity contribution in [2.75, 3.05) is 13.1 Å². The molecule has 1 aliphatic heterocycles. The van der Waals surface area contributed by atoms with E-state index in [9.17, 15) is 0 Å². The Hall–Kier alpha value is -0.960. The highest BCUT2D eigenvalue weighted by molar-refractivity contribution is 8.14. The number of thioether (sulfide) groups is 1. The summed E-state index contributed by atoms with van der Waals surface area (Å²) in [5, 5.41) is 5.20. The minimum atomic E-state index is 0.505. The standard InChI is InChI=1S/C15H20N2S/c1-2-15(8-9-15)11-17-14-16-10-13(18-14)12-6-4-3-5-7-12/h3-7,13H,2,8-11H2,1H3,(H,16,17). The fourth-order valence-corrected chi connectivity index (χ4v) is 3.43. The van der Waals surface area contributed by atoms with Crippen LogP contribution in [0.1, 0.15) is 37.0 Å². The van der Waals surface area contributed by atoms with Gasteiger partial charge in [-0.05, 0) is 30.2 Å². The van der Waals surface area contributed by atoms with E-state index >= 15 is 0 Å². The third kappa shape index (κ3) is 2.56. The lowest BCUT2D eigenvalue weighted by molar-refractivity contribution is 0.483. The molecule has 1 unspecified atom stereocenters. The molecule has 0 radical (unpaired) electrons. The SMILES string of the molecule is CCC1(CNC2=NCC(c3ccccc3)S2)CC1. The third-order valence-electron chi connectivity index (χ3n) is 4.15. The number of hydrogen-bond acceptors (Lipinski definition) is 3. The van der Waals surface area contributed by atoms with E-state index in [2.05, 4.69) is 47.6 Å². The molecule has 0 aromatic heterocycles. The molecule has 2 aliphatic rings. The number of nitrogens with zero attached hydrogens (tertiary/aromatic N) is 1. The fourth-order valence-electron chi connectivity index (χ4n) is 2.41. The molecule has 0 spiro atoms. The summed E-state index contributed by atoms with van der Waals surface area (Å²) >= 11 is 1.88. The Bertz CT molecular complexity index is 437. The van der Waals surface area contributed by atoms with E-state index in [0.29, 0.717) is 10.7 Å². The summed E-state index contributed by atoms with van der Waals surface area (Å²) in [7, 11) is 0. The molecule has 1 aromatic rings. The fraction of sp³-hybridized carbons (Fsp3) is 0.533. The molecule has 0 amide bonds. The monoisotopic (exact) mass is 260 g/mol. The number of hydrogen-bond donors (Lipinski definition) is 1. The van der Waals surface area contributed by atoms with Crippen molar-refractivity contribution < 1.29 is 0 Å². The zero-order valence-electron chi connectivity index (χ0n) is 10.9. The van der Waals surface area contributed by atoms with E-state index < -0.39 is 0 Å². The Kier molecular flexibility index (Phi) is 3.33. The van der Waals surface area contributed by atoms with Gasteiger partial charge in [0.25, 0.3) is 0 Å². The topological polar surface area (TPSA) is 24.4 Å². The van der Waals surface area contributed by atoms with Crippen LogP contribution in [0, 0.1) is 5.41 Å². The van der Waals surface area contributed by atoms with E-state index in [1.54, 1.807) is 0 Å². The average Bonchev–Trinajstić information content (AvgIpc) is 3.07. The zero-order chi connectivity index (χ0) is 12.4. The molecule has 1 N–H and O–H groups in total. The normalized spacial score (nSPS) is 24.7. The van der Waals surface area contributed by atoms with Gasteiger partial charge < -0.3 is 5.32 Å². The summed E-state index contributed by atoms with van der Waals surface area (Å²) < 4.78 is 0. The van der Waals surface area contributed by atoms with Gasteiger partial charge in [-0.15, -0.1) is 0 Å². The van der Waals surface area contributed by atoms with Gasteiger partial charge in [0.2, 0.25) is 0 Å². The van der Waals surface area contributed by atoms with Gasteiger partial charge in [-0.1, -0.05) is 49.0 Å². The van der Waals surface area contributed by atoms with Crippen LogP contribution in [0.3, 0.4) is 0 Å². The van der Waals surface area contributed by atoms with Crippen molar-refractivity contribution in [3.05, 3.63) is 35.9 Å². The molecule has 18 heavy (non-hydrogen) atoms. The second-order valence-corrected chi connectivity index (χ2v) is 6.56. The van der Waals surface area contributed by atoms with Crippen molar-refractivity contribution in [2.24, 2.45) is 10.4 Å². The van der Waals surface area contributed by atoms with Gasteiger partial charge in [0.1, 0.15) is 0 Å². The van der Waals surface area contributed by atoms with Crippen molar-refractivity contribution in [1.29, 1.82) is 0 Å². The maximum absolute atomic E-state index is 4.63. The van der Waals surface area contributed by atoms with Crippen LogP contribution in [0.4, 0.5) is 0 Å². The smallest absolute Gasteiger partial charge is 0.157 e. The Morgan fingerprint density at radius 3 is 2.78 bits per heavy atom. The largest absolute Gasteiger partial charge is 0.364 e. The molecule has 1 atom stereocenters. The summed E-state index contributed by atoms with van der Waals surface area (Å²) in [5.41, 5.74) is 1.98. The van der Waals surface area contributed by atoms with Crippen LogP contribution in [-0.2, 0) is 0 Å². The van der Waals surface area contributed by atoms with Crippen molar-refractivity contribution in [3.63, 3.8) is 0 Å². The maximum Gasteiger partial charge on any atom is 0.157 e. The highest BCUT2D eigenvalue weighted by atomic mass is 32.2. The first-order chi connectivity index (χ1) is 8.81. The van der Waals surface area contributed by atoms with Gasteiger partial charge in [0.15, 0.2) is 5.17 Å². The van der Waals surface area contributed by atoms with Gasteiger partial charge in [-0.3, -0.25) is 4.99 Å². The first kappa shape index (κ1) is 12.1. The molecular formula is C15H20N2S. The van der Waals surface area contributed by atoms with Crippen LogP contribution in [0.15, 0.2) is 35.3 Å². The van der Waals surface area contributed by atoms with Gasteiger partial charge in [0, 0.05) is 6.54 Å². The van der Waals surface area contributed by atoms with Crippen molar-refractivity contribution in [2.45, 2.75) is 31.4 Å². The highest BCUT2D eigenvalue weighted by Gasteiger charge is 2.40. The zero-order valence-corrected chi connectivity index (χ0v) is 11.7. The van der Waals surface area contributed by atoms with E-state index in [1.165, 1.54) is 24.8 Å². The summed E-state index contributed by atoms with van der Waals surface area (Å²) in [6, 6.07) is 10.7. The number of rotatable bonds is 4. The van der Waals surface area contributed by atoms with Crippen LogP contribution >= 0.6 is 11.8 Å². The molecule has 1 saturated carbocycles. The van der Waals surface area contributed by atoms with Crippen molar-refractivity contribution >= 4 is 16.9 Å². The molecule has 1 heterocycles. The molecule has 2 nitrogen and oxygen atoms in total. The molecule has 0 bridgehead atoms. The lowest BCUT2D eigenvalue weighted by atomic mass is 10.0. The van der Waals surface area contributed by atoms with Crippen LogP contribution in [0.2, 0.25) is 0 Å². The molecule has 0 saturated heterocycles. The van der Waals surface area contributed by atoms with Crippen LogP contribution < -0.4 is 5.32 Å². The Labute approximate surface area is 113 Å². The lowest BCUT2D eigenvalue weighted by Gasteiger charge is -2.14. The van der Waals surface area contributed by atoms with Crippen LogP contribution in [-0.4, -0.2) is 18.3 Å². The second-order valence-electron chi connectivity index (χ2n) is 5.37. The van der Waals surface area contributed by atoms with Gasteiger partial charge >= 0.3 is 0 Å². The average molecular weight is 260 g/mol. The van der Waals surface area contributed by atoms with Crippen LogP contribution in [0.25, 0.3) is 0 Å². The molecule has 96 valence electrons. The van der Waals surface area contributed by atoms with Gasteiger partial charge in [-0.2, -0.15) is 0 Å². The molecule has 1 fully saturated rings. The predicted octanol–water partition coefficient (Wildman–Crippen LogP) is 3.61. The minimum Gasteiger partial charge on any atom is -0.364 e. The van der Waals surface area contributed by atoms with Gasteiger partial charge in [0.05, 0.1) is 11.8 Å². The first-order valence-electron chi connectivity index (χ1n) is 6.81. The maximum atomic E-state index is 4.63. The molecule has 3 rings (SSSR count). The molecule has 3 heteroatoms. The summed E-state index contributed by atoms with van der Waals surface area (Å²) in [6.45, 7) is 4.32. The van der Waals surface area contributed by atoms with Crippen molar-refractivity contribution in [3.8, 4) is 0 Å². The Morgan fingerprint density at radius 2 is 2.11 bits per heavy atom. The summed E-state index contributed by atoms with van der Waals surface area (Å²) in [6.07, 6.45) is 4.06. The van der Waals surface area contributed by atoms with E-state index in [4.69, 9.17) is 0 Å². The number of aliphatic imine (C=N–C) groups is 1. The van der Waals surface area contributed by atoms with E-state index in [1.807, 2.05) is 11.8 Å². The Balaban J connectivity index is 1.52. The summed E-state index contributed by atoms with van der Waals surface area (Å²) in [5.74, 6) is 0. The predicted molar refractivity (Wildman–Crippen MR) is 79.0 cm³/mol. The summed E-state index contributed by atoms with van der Waals surface area (Å²) in [4.78, 5) is 4.63. The Morgan fingerprint density at radius 1 is 1.33 bits per heavy atom. The molecular weight excluding hydrogens is 240 g/mol. The highest BCUT2D eigenvalue weighted by Crippen LogP contribution is 2.48. The number of amidine groups is 1. The van der Waals surface area contributed by atoms with E-state index in [-0.39, 0.29) is 0 Å². The lowest BCUT2D eigenvalue weighted by Crippen LogP contribution is -2.27. The minimum absolute atomic E-state index is 0.505. The second kappa shape index (κ2) is 4.96. The third-order valence-corrected chi connectivity index (χ3v) is 5.35. The van der Waals surface area contributed by atoms with Gasteiger partial charge in [-0.25, -0.2) is 0 Å². The van der Waals surface area contributed by atoms with Crippen LogP contribution in [0.5, 0.6) is 0 Å². The van der Waals surface area contributed by atoms with Crippen molar-refractivity contribution in [1.82, 2.24) is 5.32 Å². The van der Waals surface area contributed by atoms with E-state index in [0.717, 1.165) is 18.3 Å². The molecule has 1 aromatic carbocycles. The molecule has 1 aliphatic carbocycles. The quantitative estimate of drug-likeness (QED) is 0.894. The first-order valence-corrected chi connectivity index (χ1v) is 7.69. The number of benzene rings is 1.